The molecule has 0 fully saturated rings. The van der Waals surface area contributed by atoms with Crippen molar-refractivity contribution in [1.82, 2.24) is 10.2 Å². The van der Waals surface area contributed by atoms with E-state index in [4.69, 9.17) is 0 Å². The second kappa shape index (κ2) is 11.6. The van der Waals surface area contributed by atoms with Gasteiger partial charge in [-0.3, -0.25) is 9.59 Å². The van der Waals surface area contributed by atoms with E-state index in [0.717, 1.165) is 11.1 Å². The molecule has 6 heteroatoms. The zero-order valence-corrected chi connectivity index (χ0v) is 18.1. The third-order valence-electron chi connectivity index (χ3n) is 4.61. The molecule has 0 aliphatic heterocycles. The maximum Gasteiger partial charge on any atom is 0.242 e. The summed E-state index contributed by atoms with van der Waals surface area (Å²) < 4.78 is 13.8. The van der Waals surface area contributed by atoms with E-state index in [1.54, 1.807) is 23.1 Å². The molecule has 0 heterocycles. The van der Waals surface area contributed by atoms with E-state index in [9.17, 15) is 14.0 Å². The lowest BCUT2D eigenvalue weighted by atomic mass is 10.1. The van der Waals surface area contributed by atoms with Gasteiger partial charge < -0.3 is 10.2 Å². The molecule has 0 radical (unpaired) electrons. The molecule has 0 aliphatic rings. The highest BCUT2D eigenvalue weighted by Crippen LogP contribution is 2.19. The third kappa shape index (κ3) is 6.89. The molecular weight excluding hydrogens is 387 g/mol. The average Bonchev–Trinajstić information content (AvgIpc) is 2.69. The van der Waals surface area contributed by atoms with E-state index in [1.165, 1.54) is 17.8 Å². The maximum absolute atomic E-state index is 13.8. The highest BCUT2D eigenvalue weighted by Gasteiger charge is 2.28. The smallest absolute Gasteiger partial charge is 0.242 e. The van der Waals surface area contributed by atoms with E-state index < -0.39 is 6.04 Å². The van der Waals surface area contributed by atoms with Crippen molar-refractivity contribution < 1.29 is 14.0 Å². The molecule has 0 aromatic heterocycles. The standard InChI is InChI=1S/C23H29FN2O2S/c1-4-21(23(28)25-5-2)26(14-18-10-8-9-17(3)13-18)22(27)16-29-15-19-11-6-7-12-20(19)24/h6-13,21H,4-5,14-16H2,1-3H3,(H,25,28)/t21-/m1/s1. The van der Waals surface area contributed by atoms with Crippen LogP contribution in [0.3, 0.4) is 0 Å². The van der Waals surface area contributed by atoms with Gasteiger partial charge in [-0.05, 0) is 37.5 Å². The lowest BCUT2D eigenvalue weighted by molar-refractivity contribution is -0.139. The SMILES string of the molecule is CCNC(=O)[C@@H](CC)N(Cc1cccc(C)c1)C(=O)CSCc1ccccc1F. The molecule has 0 saturated heterocycles. The number of nitrogens with one attached hydrogen (secondary N) is 1. The van der Waals surface area contributed by atoms with Crippen molar-refractivity contribution in [2.45, 2.75) is 45.5 Å². The molecule has 2 aromatic carbocycles. The summed E-state index contributed by atoms with van der Waals surface area (Å²) >= 11 is 1.36. The van der Waals surface area contributed by atoms with Crippen molar-refractivity contribution in [3.63, 3.8) is 0 Å². The largest absolute Gasteiger partial charge is 0.355 e. The van der Waals surface area contributed by atoms with Crippen LogP contribution in [0.15, 0.2) is 48.5 Å². The third-order valence-corrected chi connectivity index (χ3v) is 5.58. The number of thioether (sulfide) groups is 1. The Bertz CT molecular complexity index is 828. The number of aryl methyl sites for hydroxylation is 1. The van der Waals surface area contributed by atoms with Gasteiger partial charge >= 0.3 is 0 Å². The van der Waals surface area contributed by atoms with Crippen molar-refractivity contribution in [3.8, 4) is 0 Å². The van der Waals surface area contributed by atoms with Gasteiger partial charge in [0.25, 0.3) is 0 Å². The predicted octanol–water partition coefficient (Wildman–Crippen LogP) is 4.31. The fraction of sp³-hybridized carbons (Fsp3) is 0.391. The lowest BCUT2D eigenvalue weighted by Crippen LogP contribution is -2.49. The maximum atomic E-state index is 13.8. The van der Waals surface area contributed by atoms with E-state index in [0.29, 0.717) is 30.8 Å². The number of hydrogen-bond acceptors (Lipinski definition) is 3. The topological polar surface area (TPSA) is 49.4 Å². The summed E-state index contributed by atoms with van der Waals surface area (Å²) in [6.45, 7) is 6.66. The lowest BCUT2D eigenvalue weighted by Gasteiger charge is -2.30. The number of hydrogen-bond donors (Lipinski definition) is 1. The molecule has 156 valence electrons. The first-order valence-electron chi connectivity index (χ1n) is 9.90. The number of rotatable bonds is 10. The summed E-state index contributed by atoms with van der Waals surface area (Å²) in [4.78, 5) is 27.3. The van der Waals surface area contributed by atoms with Crippen molar-refractivity contribution in [1.29, 1.82) is 0 Å². The Morgan fingerprint density at radius 1 is 1.14 bits per heavy atom. The van der Waals surface area contributed by atoms with Gasteiger partial charge in [-0.1, -0.05) is 55.0 Å². The Morgan fingerprint density at radius 2 is 1.90 bits per heavy atom. The average molecular weight is 417 g/mol. The highest BCUT2D eigenvalue weighted by molar-refractivity contribution is 7.99. The van der Waals surface area contributed by atoms with Gasteiger partial charge in [0.2, 0.25) is 11.8 Å². The number of halogens is 1. The number of amides is 2. The minimum atomic E-state index is -0.531. The Hall–Kier alpha value is -2.34. The number of carbonyl (C=O) groups is 2. The second-order valence-corrected chi connectivity index (χ2v) is 7.90. The molecule has 0 aliphatic carbocycles. The summed E-state index contributed by atoms with van der Waals surface area (Å²) in [7, 11) is 0. The Labute approximate surface area is 176 Å². The molecule has 4 nitrogen and oxygen atoms in total. The Balaban J connectivity index is 2.12. The van der Waals surface area contributed by atoms with Gasteiger partial charge in [-0.15, -0.1) is 11.8 Å². The fourth-order valence-electron chi connectivity index (χ4n) is 3.17. The zero-order chi connectivity index (χ0) is 21.2. The van der Waals surface area contributed by atoms with Crippen LogP contribution in [0.5, 0.6) is 0 Å². The van der Waals surface area contributed by atoms with Crippen LogP contribution in [0.25, 0.3) is 0 Å². The Kier molecular flexibility index (Phi) is 9.19. The molecule has 0 saturated carbocycles. The van der Waals surface area contributed by atoms with Gasteiger partial charge in [0, 0.05) is 18.8 Å². The predicted molar refractivity (Wildman–Crippen MR) is 117 cm³/mol. The van der Waals surface area contributed by atoms with Crippen molar-refractivity contribution in [2.75, 3.05) is 12.3 Å². The molecule has 0 spiro atoms. The highest BCUT2D eigenvalue weighted by atomic mass is 32.2. The monoisotopic (exact) mass is 416 g/mol. The first-order valence-corrected chi connectivity index (χ1v) is 11.1. The number of nitrogens with zero attached hydrogens (tertiary/aromatic N) is 1. The molecule has 29 heavy (non-hydrogen) atoms. The fourth-order valence-corrected chi connectivity index (χ4v) is 4.06. The van der Waals surface area contributed by atoms with Crippen LogP contribution in [0, 0.1) is 12.7 Å². The van der Waals surface area contributed by atoms with Crippen molar-refractivity contribution >= 4 is 23.6 Å². The quantitative estimate of drug-likeness (QED) is 0.628. The molecule has 2 amide bonds. The molecule has 1 N–H and O–H groups in total. The van der Waals surface area contributed by atoms with Crippen LogP contribution in [-0.4, -0.2) is 35.1 Å². The van der Waals surface area contributed by atoms with Gasteiger partial charge in [-0.25, -0.2) is 4.39 Å². The normalized spacial score (nSPS) is 11.7. The summed E-state index contributed by atoms with van der Waals surface area (Å²) in [6, 6.07) is 14.0. The summed E-state index contributed by atoms with van der Waals surface area (Å²) in [5.41, 5.74) is 2.67. The van der Waals surface area contributed by atoms with Crippen LogP contribution >= 0.6 is 11.8 Å². The first kappa shape index (κ1) is 22.9. The van der Waals surface area contributed by atoms with E-state index >= 15 is 0 Å². The van der Waals surface area contributed by atoms with Crippen molar-refractivity contribution in [3.05, 3.63) is 71.0 Å². The van der Waals surface area contributed by atoms with E-state index in [-0.39, 0.29) is 23.4 Å². The van der Waals surface area contributed by atoms with E-state index in [2.05, 4.69) is 5.32 Å². The van der Waals surface area contributed by atoms with Crippen LogP contribution in [0.1, 0.15) is 37.0 Å². The minimum Gasteiger partial charge on any atom is -0.355 e. The van der Waals surface area contributed by atoms with Gasteiger partial charge in [0.15, 0.2) is 0 Å². The van der Waals surface area contributed by atoms with Gasteiger partial charge in [0.05, 0.1) is 5.75 Å². The minimum absolute atomic E-state index is 0.119. The molecular formula is C23H29FN2O2S. The summed E-state index contributed by atoms with van der Waals surface area (Å²) in [6.07, 6.45) is 0.529. The van der Waals surface area contributed by atoms with Crippen molar-refractivity contribution in [2.24, 2.45) is 0 Å². The van der Waals surface area contributed by atoms with Crippen LogP contribution in [-0.2, 0) is 21.9 Å². The van der Waals surface area contributed by atoms with Crippen LogP contribution in [0.2, 0.25) is 0 Å². The molecule has 2 aromatic rings. The number of benzene rings is 2. The number of likely N-dealkylation sites (N-methyl/N-ethyl adjacent to an activating group) is 1. The van der Waals surface area contributed by atoms with E-state index in [1.807, 2.05) is 45.0 Å². The summed E-state index contributed by atoms with van der Waals surface area (Å²) in [5, 5.41) is 2.83. The zero-order valence-electron chi connectivity index (χ0n) is 17.3. The molecule has 0 bridgehead atoms. The molecule has 1 atom stereocenters. The molecule has 0 unspecified atom stereocenters. The Morgan fingerprint density at radius 3 is 2.55 bits per heavy atom. The second-order valence-electron chi connectivity index (χ2n) is 6.91. The van der Waals surface area contributed by atoms with Crippen LogP contribution in [0.4, 0.5) is 4.39 Å². The first-order chi connectivity index (χ1) is 14.0. The van der Waals surface area contributed by atoms with Gasteiger partial charge in [0.1, 0.15) is 11.9 Å². The van der Waals surface area contributed by atoms with Crippen LogP contribution < -0.4 is 5.32 Å². The molecule has 2 rings (SSSR count). The number of carbonyl (C=O) groups excluding carboxylic acids is 2. The van der Waals surface area contributed by atoms with Gasteiger partial charge in [-0.2, -0.15) is 0 Å². The summed E-state index contributed by atoms with van der Waals surface area (Å²) in [5.74, 6) is 0.0731.